The van der Waals surface area contributed by atoms with Crippen molar-refractivity contribution in [2.45, 2.75) is 54.0 Å². The van der Waals surface area contributed by atoms with E-state index in [9.17, 15) is 0 Å². The van der Waals surface area contributed by atoms with Gasteiger partial charge in [-0.3, -0.25) is 16.3 Å². The fourth-order valence-corrected chi connectivity index (χ4v) is 4.01. The summed E-state index contributed by atoms with van der Waals surface area (Å²) < 4.78 is 5.50. The molecule has 4 nitrogen and oxygen atoms in total. The molecule has 118 valence electrons. The quantitative estimate of drug-likeness (QED) is 0.647. The van der Waals surface area contributed by atoms with Gasteiger partial charge in [-0.25, -0.2) is 0 Å². The van der Waals surface area contributed by atoms with Crippen molar-refractivity contribution in [1.82, 2.24) is 10.4 Å². The summed E-state index contributed by atoms with van der Waals surface area (Å²) in [5.74, 6) is 7.33. The largest absolute Gasteiger partial charge is 0.496 e. The maximum Gasteiger partial charge on any atom is 0.128 e. The van der Waals surface area contributed by atoms with E-state index >= 15 is 0 Å². The number of rotatable bonds is 5. The highest BCUT2D eigenvalue weighted by molar-refractivity contribution is 5.41. The Bertz CT molecular complexity index is 523. The second-order valence-corrected chi connectivity index (χ2v) is 7.44. The number of pyridine rings is 1. The lowest BCUT2D eigenvalue weighted by molar-refractivity contribution is 0.391. The van der Waals surface area contributed by atoms with Crippen molar-refractivity contribution in [3.8, 4) is 5.75 Å². The molecule has 0 radical (unpaired) electrons. The Morgan fingerprint density at radius 1 is 1.29 bits per heavy atom. The molecule has 0 spiro atoms. The van der Waals surface area contributed by atoms with Gasteiger partial charge in [0.05, 0.1) is 7.11 Å². The van der Waals surface area contributed by atoms with E-state index in [2.05, 4.69) is 45.0 Å². The average molecular weight is 291 g/mol. The van der Waals surface area contributed by atoms with Crippen molar-refractivity contribution >= 4 is 0 Å². The molecule has 4 heteroatoms. The highest BCUT2D eigenvalue weighted by Crippen LogP contribution is 2.69. The van der Waals surface area contributed by atoms with E-state index in [-0.39, 0.29) is 6.04 Å². The highest BCUT2D eigenvalue weighted by atomic mass is 16.5. The summed E-state index contributed by atoms with van der Waals surface area (Å²) >= 11 is 0. The Hall–Kier alpha value is -1.13. The molecule has 1 aromatic heterocycles. The predicted octanol–water partition coefficient (Wildman–Crippen LogP) is 2.76. The van der Waals surface area contributed by atoms with Crippen molar-refractivity contribution in [1.29, 1.82) is 0 Å². The minimum Gasteiger partial charge on any atom is -0.496 e. The lowest BCUT2D eigenvalue weighted by Gasteiger charge is -2.20. The predicted molar refractivity (Wildman–Crippen MR) is 86.1 cm³/mol. The third kappa shape index (κ3) is 2.44. The lowest BCUT2D eigenvalue weighted by Crippen LogP contribution is -2.40. The fourth-order valence-electron chi connectivity index (χ4n) is 4.01. The number of nitrogens with two attached hydrogens (primary N) is 1. The van der Waals surface area contributed by atoms with Crippen LogP contribution in [0.2, 0.25) is 0 Å². The van der Waals surface area contributed by atoms with Crippen LogP contribution in [-0.4, -0.2) is 18.1 Å². The van der Waals surface area contributed by atoms with Gasteiger partial charge in [-0.15, -0.1) is 0 Å². The zero-order chi connectivity index (χ0) is 16.0. The van der Waals surface area contributed by atoms with Crippen molar-refractivity contribution < 1.29 is 4.74 Å². The van der Waals surface area contributed by atoms with E-state index in [1.54, 1.807) is 7.11 Å². The first-order valence-corrected chi connectivity index (χ1v) is 7.63. The number of aromatic nitrogens is 1. The molecule has 1 fully saturated rings. The van der Waals surface area contributed by atoms with Gasteiger partial charge < -0.3 is 4.74 Å². The summed E-state index contributed by atoms with van der Waals surface area (Å²) in [6.07, 6.45) is 2.72. The van der Waals surface area contributed by atoms with Gasteiger partial charge in [-0.05, 0) is 30.6 Å². The SMILES string of the molecule is COc1c(C)cnc(CC(NN)C2C(C)(C)C2(C)C)c1C. The summed E-state index contributed by atoms with van der Waals surface area (Å²) in [5.41, 5.74) is 6.88. The zero-order valence-electron chi connectivity index (χ0n) is 14.4. The van der Waals surface area contributed by atoms with Crippen LogP contribution in [0.1, 0.15) is 44.5 Å². The molecule has 1 aromatic rings. The molecule has 1 heterocycles. The minimum atomic E-state index is 0.230. The molecule has 0 aromatic carbocycles. The Morgan fingerprint density at radius 3 is 2.29 bits per heavy atom. The lowest BCUT2D eigenvalue weighted by atomic mass is 9.97. The van der Waals surface area contributed by atoms with Gasteiger partial charge in [0.2, 0.25) is 0 Å². The number of aryl methyl sites for hydroxylation is 1. The molecule has 21 heavy (non-hydrogen) atoms. The number of nitrogens with zero attached hydrogens (tertiary/aromatic N) is 1. The molecule has 2 rings (SSSR count). The third-order valence-corrected chi connectivity index (χ3v) is 5.91. The number of hydrogen-bond acceptors (Lipinski definition) is 4. The molecule has 1 saturated carbocycles. The van der Waals surface area contributed by atoms with Crippen LogP contribution >= 0.6 is 0 Å². The molecule has 0 bridgehead atoms. The van der Waals surface area contributed by atoms with Crippen LogP contribution in [0, 0.1) is 30.6 Å². The number of nitrogens with one attached hydrogen (secondary N) is 1. The zero-order valence-corrected chi connectivity index (χ0v) is 14.4. The normalized spacial score (nSPS) is 21.1. The van der Waals surface area contributed by atoms with Gasteiger partial charge in [0.25, 0.3) is 0 Å². The molecule has 0 saturated heterocycles. The second-order valence-electron chi connectivity index (χ2n) is 7.44. The van der Waals surface area contributed by atoms with Crippen molar-refractivity contribution in [3.63, 3.8) is 0 Å². The van der Waals surface area contributed by atoms with Crippen LogP contribution in [0.25, 0.3) is 0 Å². The van der Waals surface area contributed by atoms with E-state index in [1.165, 1.54) is 0 Å². The van der Waals surface area contributed by atoms with Crippen LogP contribution in [0.3, 0.4) is 0 Å². The molecule has 0 amide bonds. The van der Waals surface area contributed by atoms with Crippen molar-refractivity contribution in [2.24, 2.45) is 22.6 Å². The molecule has 1 aliphatic rings. The summed E-state index contributed by atoms with van der Waals surface area (Å²) in [7, 11) is 1.71. The smallest absolute Gasteiger partial charge is 0.128 e. The van der Waals surface area contributed by atoms with E-state index < -0.39 is 0 Å². The molecular formula is C17H29N3O. The van der Waals surface area contributed by atoms with Crippen molar-refractivity contribution in [3.05, 3.63) is 23.0 Å². The molecule has 3 N–H and O–H groups in total. The molecule has 1 aliphatic carbocycles. The summed E-state index contributed by atoms with van der Waals surface area (Å²) in [4.78, 5) is 4.60. The van der Waals surface area contributed by atoms with Gasteiger partial charge >= 0.3 is 0 Å². The molecule has 0 aliphatic heterocycles. The minimum absolute atomic E-state index is 0.230. The summed E-state index contributed by atoms with van der Waals surface area (Å²) in [6.45, 7) is 13.4. The Morgan fingerprint density at radius 2 is 1.86 bits per heavy atom. The summed E-state index contributed by atoms with van der Waals surface area (Å²) in [5, 5.41) is 0. The van der Waals surface area contributed by atoms with E-state index in [4.69, 9.17) is 10.6 Å². The number of hydrogen-bond donors (Lipinski definition) is 2. The Balaban J connectivity index is 2.25. The molecule has 1 atom stereocenters. The highest BCUT2D eigenvalue weighted by Gasteiger charge is 2.66. The number of ether oxygens (including phenoxy) is 1. The van der Waals surface area contributed by atoms with E-state index in [0.717, 1.165) is 29.0 Å². The topological polar surface area (TPSA) is 60.2 Å². The standard InChI is InChI=1S/C17H29N3O/c1-10-9-19-12(11(2)14(10)21-7)8-13(20-18)15-16(3,4)17(15,5)6/h9,13,15,20H,8,18H2,1-7H3. The van der Waals surface area contributed by atoms with Crippen LogP contribution in [-0.2, 0) is 6.42 Å². The first-order chi connectivity index (χ1) is 9.68. The average Bonchev–Trinajstić information content (AvgIpc) is 2.81. The summed E-state index contributed by atoms with van der Waals surface area (Å²) in [6, 6.07) is 0.230. The van der Waals surface area contributed by atoms with Gasteiger partial charge in [0, 0.05) is 35.5 Å². The van der Waals surface area contributed by atoms with Gasteiger partial charge in [0.15, 0.2) is 0 Å². The number of methoxy groups -OCH3 is 1. The molecular weight excluding hydrogens is 262 g/mol. The first kappa shape index (κ1) is 16.2. The van der Waals surface area contributed by atoms with Crippen molar-refractivity contribution in [2.75, 3.05) is 7.11 Å². The Kier molecular flexibility index (Phi) is 4.06. The van der Waals surface area contributed by atoms with Gasteiger partial charge in [-0.2, -0.15) is 0 Å². The van der Waals surface area contributed by atoms with E-state index in [1.807, 2.05) is 13.1 Å². The van der Waals surface area contributed by atoms with Crippen LogP contribution in [0.4, 0.5) is 0 Å². The van der Waals surface area contributed by atoms with Gasteiger partial charge in [-0.1, -0.05) is 27.7 Å². The van der Waals surface area contributed by atoms with Crippen LogP contribution in [0.15, 0.2) is 6.20 Å². The van der Waals surface area contributed by atoms with Crippen LogP contribution < -0.4 is 16.0 Å². The molecule has 1 unspecified atom stereocenters. The third-order valence-electron chi connectivity index (χ3n) is 5.91. The van der Waals surface area contributed by atoms with Gasteiger partial charge in [0.1, 0.15) is 5.75 Å². The van der Waals surface area contributed by atoms with Crippen LogP contribution in [0.5, 0.6) is 5.75 Å². The fraction of sp³-hybridized carbons (Fsp3) is 0.706. The first-order valence-electron chi connectivity index (χ1n) is 7.63. The second kappa shape index (κ2) is 5.25. The number of hydrazine groups is 1. The van der Waals surface area contributed by atoms with E-state index in [0.29, 0.717) is 16.7 Å². The Labute approximate surface area is 128 Å². The maximum atomic E-state index is 5.85. The maximum absolute atomic E-state index is 5.85. The monoisotopic (exact) mass is 291 g/mol.